The van der Waals surface area contributed by atoms with Gasteiger partial charge in [-0.15, -0.1) is 0 Å². The largest absolute Gasteiger partial charge is 0.482 e. The molecule has 0 aliphatic carbocycles. The minimum Gasteiger partial charge on any atom is -0.482 e. The van der Waals surface area contributed by atoms with Gasteiger partial charge < -0.3 is 9.26 Å². The van der Waals surface area contributed by atoms with E-state index in [1.807, 2.05) is 37.3 Å². The van der Waals surface area contributed by atoms with E-state index < -0.39 is 10.0 Å². The van der Waals surface area contributed by atoms with E-state index in [1.165, 1.54) is 17.0 Å². The Balaban J connectivity index is 1.61. The van der Waals surface area contributed by atoms with Gasteiger partial charge in [-0.25, -0.2) is 13.1 Å². The van der Waals surface area contributed by atoms with Crippen LogP contribution in [0.4, 0.5) is 5.69 Å². The summed E-state index contributed by atoms with van der Waals surface area (Å²) in [5.74, 6) is 0.683. The second-order valence-electron chi connectivity index (χ2n) is 6.79. The lowest BCUT2D eigenvalue weighted by Crippen LogP contribution is -2.38. The van der Waals surface area contributed by atoms with E-state index >= 15 is 0 Å². The van der Waals surface area contributed by atoms with Crippen molar-refractivity contribution in [1.29, 1.82) is 0 Å². The van der Waals surface area contributed by atoms with Gasteiger partial charge in [-0.1, -0.05) is 54.0 Å². The average molecular weight is 463 g/mol. The van der Waals surface area contributed by atoms with Crippen LogP contribution in [0.25, 0.3) is 0 Å². The minimum absolute atomic E-state index is 0.0371. The lowest BCUT2D eigenvalue weighted by atomic mass is 10.2. The highest BCUT2D eigenvalue weighted by Gasteiger charge is 2.30. The third-order valence-corrected chi connectivity index (χ3v) is 6.53. The molecule has 0 saturated carbocycles. The van der Waals surface area contributed by atoms with Crippen LogP contribution < -0.4 is 14.4 Å². The van der Waals surface area contributed by atoms with Gasteiger partial charge in [0.25, 0.3) is 5.91 Å². The normalized spacial score (nSPS) is 13.7. The Kier molecular flexibility index (Phi) is 5.94. The number of aromatic nitrogens is 2. The summed E-state index contributed by atoms with van der Waals surface area (Å²) < 4.78 is 38.7. The number of fused-ring (bicyclic) bond motifs is 1. The molecule has 0 bridgehead atoms. The van der Waals surface area contributed by atoms with Gasteiger partial charge in [-0.2, -0.15) is 4.98 Å². The molecule has 1 aliphatic rings. The van der Waals surface area contributed by atoms with E-state index in [9.17, 15) is 13.2 Å². The highest BCUT2D eigenvalue weighted by molar-refractivity contribution is 7.89. The van der Waals surface area contributed by atoms with Gasteiger partial charge in [0.05, 0.1) is 17.3 Å². The summed E-state index contributed by atoms with van der Waals surface area (Å²) in [6.45, 7) is 1.79. The van der Waals surface area contributed by atoms with Gasteiger partial charge in [-0.05, 0) is 11.6 Å². The van der Waals surface area contributed by atoms with E-state index in [0.717, 1.165) is 5.56 Å². The van der Waals surface area contributed by atoms with Crippen LogP contribution in [-0.2, 0) is 34.3 Å². The van der Waals surface area contributed by atoms with E-state index in [1.54, 1.807) is 0 Å². The molecule has 2 aromatic carbocycles. The SMILES string of the molecule is CCc1nc(CN2C(=O)COc3cc(S(=O)(=O)NCc4ccccc4)c(Cl)cc32)no1. The van der Waals surface area contributed by atoms with Crippen LogP contribution in [0.3, 0.4) is 0 Å². The van der Waals surface area contributed by atoms with Crippen LogP contribution in [0.15, 0.2) is 51.9 Å². The fourth-order valence-corrected chi connectivity index (χ4v) is 4.63. The molecule has 1 amide bonds. The topological polar surface area (TPSA) is 115 Å². The molecule has 4 rings (SSSR count). The smallest absolute Gasteiger partial charge is 0.265 e. The lowest BCUT2D eigenvalue weighted by molar-refractivity contribution is -0.121. The zero-order valence-electron chi connectivity index (χ0n) is 16.5. The monoisotopic (exact) mass is 462 g/mol. The number of nitrogens with zero attached hydrogens (tertiary/aromatic N) is 3. The average Bonchev–Trinajstić information content (AvgIpc) is 3.23. The van der Waals surface area contributed by atoms with Crippen molar-refractivity contribution in [1.82, 2.24) is 14.9 Å². The van der Waals surface area contributed by atoms with E-state index in [2.05, 4.69) is 14.9 Å². The van der Waals surface area contributed by atoms with Gasteiger partial charge in [0.1, 0.15) is 10.6 Å². The molecule has 162 valence electrons. The standard InChI is InChI=1S/C20H19ClN4O5S/c1-2-19-23-18(24-30-19)11-25-15-8-14(21)17(9-16(15)29-12-20(25)26)31(27,28)22-10-13-6-4-3-5-7-13/h3-9,22H,2,10-12H2,1H3. The van der Waals surface area contributed by atoms with Crippen molar-refractivity contribution < 1.29 is 22.5 Å². The van der Waals surface area contributed by atoms with Crippen LogP contribution in [0, 0.1) is 0 Å². The Morgan fingerprint density at radius 2 is 2.00 bits per heavy atom. The first-order valence-electron chi connectivity index (χ1n) is 9.49. The van der Waals surface area contributed by atoms with Crippen molar-refractivity contribution in [2.45, 2.75) is 31.3 Å². The van der Waals surface area contributed by atoms with E-state index in [0.29, 0.717) is 23.8 Å². The molecule has 0 saturated heterocycles. The highest BCUT2D eigenvalue weighted by atomic mass is 35.5. The maximum absolute atomic E-state index is 12.8. The Labute approximate surface area is 184 Å². The number of carbonyl (C=O) groups excluding carboxylic acids is 1. The number of halogens is 1. The lowest BCUT2D eigenvalue weighted by Gasteiger charge is -2.29. The fourth-order valence-electron chi connectivity index (χ4n) is 3.07. The number of benzene rings is 2. The summed E-state index contributed by atoms with van der Waals surface area (Å²) in [6.07, 6.45) is 0.573. The summed E-state index contributed by atoms with van der Waals surface area (Å²) in [4.78, 5) is 17.9. The predicted octanol–water partition coefficient (Wildman–Crippen LogP) is 2.69. The van der Waals surface area contributed by atoms with Gasteiger partial charge in [0.15, 0.2) is 12.4 Å². The zero-order chi connectivity index (χ0) is 22.0. The van der Waals surface area contributed by atoms with Crippen LogP contribution in [0.1, 0.15) is 24.2 Å². The molecule has 11 heteroatoms. The number of hydrogen-bond acceptors (Lipinski definition) is 7. The highest BCUT2D eigenvalue weighted by Crippen LogP contribution is 2.39. The molecule has 0 spiro atoms. The molecular weight excluding hydrogens is 444 g/mol. The van der Waals surface area contributed by atoms with Crippen LogP contribution in [0.2, 0.25) is 5.02 Å². The molecule has 1 aromatic heterocycles. The second-order valence-corrected chi connectivity index (χ2v) is 8.93. The first kappa shape index (κ1) is 21.3. The number of carbonyl (C=O) groups is 1. The summed E-state index contributed by atoms with van der Waals surface area (Å²) in [6, 6.07) is 11.8. The molecule has 31 heavy (non-hydrogen) atoms. The number of hydrogen-bond donors (Lipinski definition) is 1. The van der Waals surface area contributed by atoms with Gasteiger partial charge >= 0.3 is 0 Å². The Morgan fingerprint density at radius 3 is 2.71 bits per heavy atom. The van der Waals surface area contributed by atoms with Crippen molar-refractivity contribution in [3.05, 3.63) is 64.8 Å². The molecule has 0 unspecified atom stereocenters. The number of nitrogens with one attached hydrogen (secondary N) is 1. The molecule has 0 fully saturated rings. The quantitative estimate of drug-likeness (QED) is 0.574. The van der Waals surface area contributed by atoms with Crippen molar-refractivity contribution in [2.24, 2.45) is 0 Å². The van der Waals surface area contributed by atoms with Crippen molar-refractivity contribution in [3.63, 3.8) is 0 Å². The number of aryl methyl sites for hydroxylation is 1. The Bertz CT molecular complexity index is 1210. The molecular formula is C20H19ClN4O5S. The number of ether oxygens (including phenoxy) is 1. The Hall–Kier alpha value is -2.95. The molecule has 2 heterocycles. The molecule has 0 atom stereocenters. The maximum atomic E-state index is 12.8. The van der Waals surface area contributed by atoms with Gasteiger partial charge in [0.2, 0.25) is 15.9 Å². The fraction of sp³-hybridized carbons (Fsp3) is 0.250. The number of sulfonamides is 1. The van der Waals surface area contributed by atoms with E-state index in [4.69, 9.17) is 20.9 Å². The van der Waals surface area contributed by atoms with Crippen LogP contribution in [-0.4, -0.2) is 31.1 Å². The second kappa shape index (κ2) is 8.66. The van der Waals surface area contributed by atoms with Crippen LogP contribution >= 0.6 is 11.6 Å². The summed E-state index contributed by atoms with van der Waals surface area (Å²) >= 11 is 6.31. The van der Waals surface area contributed by atoms with Crippen molar-refractivity contribution in [2.75, 3.05) is 11.5 Å². The predicted molar refractivity (Wildman–Crippen MR) is 112 cm³/mol. The zero-order valence-corrected chi connectivity index (χ0v) is 18.1. The maximum Gasteiger partial charge on any atom is 0.265 e. The molecule has 1 N–H and O–H groups in total. The first-order chi connectivity index (χ1) is 14.9. The van der Waals surface area contributed by atoms with Crippen molar-refractivity contribution >= 4 is 33.2 Å². The van der Waals surface area contributed by atoms with Gasteiger partial charge in [-0.3, -0.25) is 9.69 Å². The summed E-state index contributed by atoms with van der Waals surface area (Å²) in [5.41, 5.74) is 1.14. The molecule has 0 radical (unpaired) electrons. The summed E-state index contributed by atoms with van der Waals surface area (Å²) in [5, 5.41) is 3.82. The van der Waals surface area contributed by atoms with E-state index in [-0.39, 0.29) is 41.3 Å². The molecule has 3 aromatic rings. The Morgan fingerprint density at radius 1 is 1.23 bits per heavy atom. The molecule has 9 nitrogen and oxygen atoms in total. The van der Waals surface area contributed by atoms with Crippen molar-refractivity contribution in [3.8, 4) is 5.75 Å². The third-order valence-electron chi connectivity index (χ3n) is 4.67. The van der Waals surface area contributed by atoms with Gasteiger partial charge in [0, 0.05) is 19.0 Å². The number of rotatable bonds is 7. The minimum atomic E-state index is -3.92. The molecule has 1 aliphatic heterocycles. The van der Waals surface area contributed by atoms with Crippen LogP contribution in [0.5, 0.6) is 5.75 Å². The number of anilines is 1. The third kappa shape index (κ3) is 4.55. The number of amides is 1. The summed E-state index contributed by atoms with van der Waals surface area (Å²) in [7, 11) is -3.92. The first-order valence-corrected chi connectivity index (χ1v) is 11.3.